The molecule has 0 radical (unpaired) electrons. The van der Waals surface area contributed by atoms with Crippen LogP contribution in [0.4, 0.5) is 0 Å². The Bertz CT molecular complexity index is 909. The van der Waals surface area contributed by atoms with Gasteiger partial charge in [0.25, 0.3) is 0 Å². The van der Waals surface area contributed by atoms with E-state index in [1.807, 2.05) is 0 Å². The first-order valence-corrected chi connectivity index (χ1v) is 27.4. The van der Waals surface area contributed by atoms with Gasteiger partial charge in [0, 0.05) is 12.8 Å². The predicted molar refractivity (Wildman–Crippen MR) is 264 cm³/mol. The molecule has 0 aromatic heterocycles. The van der Waals surface area contributed by atoms with Crippen molar-refractivity contribution in [3.63, 3.8) is 0 Å². The Labute approximate surface area is 380 Å². The van der Waals surface area contributed by atoms with Crippen molar-refractivity contribution in [1.82, 2.24) is 5.32 Å². The van der Waals surface area contributed by atoms with Gasteiger partial charge in [-0.3, -0.25) is 9.59 Å². The molecule has 0 aromatic rings. The number of aliphatic hydroxyl groups is 2. The van der Waals surface area contributed by atoms with Gasteiger partial charge in [-0.1, -0.05) is 257 Å². The SMILES string of the molecule is CCCCCCCCCCCCCCCCCCCCCCCCCC(O)C(CO)NC(=O)CCC/C=C\CCCCCCOC(=O)CCCCCCCCCCCCCC. The highest BCUT2D eigenvalue weighted by Crippen LogP contribution is 2.17. The third-order valence-corrected chi connectivity index (χ3v) is 12.8. The molecule has 2 atom stereocenters. The van der Waals surface area contributed by atoms with Gasteiger partial charge in [-0.25, -0.2) is 0 Å². The van der Waals surface area contributed by atoms with Crippen molar-refractivity contribution in [3.8, 4) is 0 Å². The fraction of sp³-hybridized carbons (Fsp3) is 0.927. The molecule has 2 unspecified atom stereocenters. The Morgan fingerprint density at radius 3 is 1.20 bits per heavy atom. The van der Waals surface area contributed by atoms with Gasteiger partial charge < -0.3 is 20.3 Å². The second-order valence-electron chi connectivity index (χ2n) is 18.9. The van der Waals surface area contributed by atoms with E-state index in [-0.39, 0.29) is 18.5 Å². The second-order valence-corrected chi connectivity index (χ2v) is 18.9. The largest absolute Gasteiger partial charge is 0.466 e. The van der Waals surface area contributed by atoms with E-state index in [2.05, 4.69) is 31.3 Å². The average molecular weight is 862 g/mol. The fourth-order valence-corrected chi connectivity index (χ4v) is 8.59. The predicted octanol–water partition coefficient (Wildman–Crippen LogP) is 16.5. The summed E-state index contributed by atoms with van der Waals surface area (Å²) < 4.78 is 5.43. The van der Waals surface area contributed by atoms with Crippen molar-refractivity contribution in [2.24, 2.45) is 0 Å². The van der Waals surface area contributed by atoms with Gasteiger partial charge in [0.1, 0.15) is 0 Å². The quantitative estimate of drug-likeness (QED) is 0.0322. The number of amides is 1. The summed E-state index contributed by atoms with van der Waals surface area (Å²) in [5.74, 6) is -0.126. The van der Waals surface area contributed by atoms with Crippen molar-refractivity contribution in [2.75, 3.05) is 13.2 Å². The van der Waals surface area contributed by atoms with E-state index in [4.69, 9.17) is 4.74 Å². The zero-order valence-corrected chi connectivity index (χ0v) is 41.2. The zero-order chi connectivity index (χ0) is 44.4. The van der Waals surface area contributed by atoms with Gasteiger partial charge in [0.05, 0.1) is 25.4 Å². The number of carbonyl (C=O) groups excluding carboxylic acids is 2. The fourth-order valence-electron chi connectivity index (χ4n) is 8.59. The summed E-state index contributed by atoms with van der Waals surface area (Å²) in [7, 11) is 0. The summed E-state index contributed by atoms with van der Waals surface area (Å²) >= 11 is 0. The molecule has 362 valence electrons. The lowest BCUT2D eigenvalue weighted by molar-refractivity contribution is -0.143. The molecule has 6 nitrogen and oxygen atoms in total. The van der Waals surface area contributed by atoms with E-state index in [1.54, 1.807) is 0 Å². The number of hydrogen-bond acceptors (Lipinski definition) is 5. The van der Waals surface area contributed by atoms with E-state index in [0.29, 0.717) is 25.9 Å². The van der Waals surface area contributed by atoms with Crippen LogP contribution in [0.15, 0.2) is 12.2 Å². The van der Waals surface area contributed by atoms with Gasteiger partial charge in [-0.05, 0) is 44.9 Å². The molecule has 0 aliphatic heterocycles. The molecule has 3 N–H and O–H groups in total. The van der Waals surface area contributed by atoms with Crippen LogP contribution in [0.2, 0.25) is 0 Å². The van der Waals surface area contributed by atoms with Crippen LogP contribution in [0.3, 0.4) is 0 Å². The number of carbonyl (C=O) groups is 2. The number of allylic oxidation sites excluding steroid dienone is 2. The van der Waals surface area contributed by atoms with Gasteiger partial charge in [-0.2, -0.15) is 0 Å². The summed E-state index contributed by atoms with van der Waals surface area (Å²) in [6, 6.07) is -0.578. The first-order valence-electron chi connectivity index (χ1n) is 27.4. The van der Waals surface area contributed by atoms with Crippen LogP contribution in [0, 0.1) is 0 Å². The van der Waals surface area contributed by atoms with E-state index in [9.17, 15) is 19.8 Å². The molecule has 0 saturated carbocycles. The van der Waals surface area contributed by atoms with Gasteiger partial charge in [0.2, 0.25) is 5.91 Å². The molecule has 1 amide bonds. The highest BCUT2D eigenvalue weighted by Gasteiger charge is 2.20. The van der Waals surface area contributed by atoms with E-state index in [1.165, 1.54) is 199 Å². The zero-order valence-electron chi connectivity index (χ0n) is 41.2. The number of nitrogens with one attached hydrogen (secondary N) is 1. The highest BCUT2D eigenvalue weighted by atomic mass is 16.5. The third-order valence-electron chi connectivity index (χ3n) is 12.8. The van der Waals surface area contributed by atoms with Crippen molar-refractivity contribution in [1.29, 1.82) is 0 Å². The Morgan fingerprint density at radius 1 is 0.443 bits per heavy atom. The smallest absolute Gasteiger partial charge is 0.305 e. The van der Waals surface area contributed by atoms with Gasteiger partial charge in [0.15, 0.2) is 0 Å². The maximum Gasteiger partial charge on any atom is 0.305 e. The Morgan fingerprint density at radius 2 is 0.787 bits per heavy atom. The maximum absolute atomic E-state index is 12.5. The molecule has 0 heterocycles. The summed E-state index contributed by atoms with van der Waals surface area (Å²) in [6.07, 6.45) is 59.2. The third kappa shape index (κ3) is 47.9. The standard InChI is InChI=1S/C55H107NO5/c1-3-5-7-9-11-13-15-17-18-19-20-21-22-23-24-25-26-27-28-31-35-39-43-47-53(58)52(51-57)56-54(59)48-44-40-36-32-30-34-38-42-46-50-61-55(60)49-45-41-37-33-29-16-14-12-10-8-6-4-2/h32,36,52-53,57-58H,3-31,33-35,37-51H2,1-2H3,(H,56,59)/b36-32-. The van der Waals surface area contributed by atoms with Crippen LogP contribution < -0.4 is 5.32 Å². The topological polar surface area (TPSA) is 95.9 Å². The maximum atomic E-state index is 12.5. The van der Waals surface area contributed by atoms with E-state index < -0.39 is 12.1 Å². The van der Waals surface area contributed by atoms with Crippen LogP contribution in [0.25, 0.3) is 0 Å². The molecule has 0 aliphatic rings. The minimum Gasteiger partial charge on any atom is -0.466 e. The van der Waals surface area contributed by atoms with E-state index in [0.717, 1.165) is 70.6 Å². The minimum atomic E-state index is -0.695. The molecule has 0 fully saturated rings. The molecular formula is C55H107NO5. The van der Waals surface area contributed by atoms with Crippen molar-refractivity contribution >= 4 is 11.9 Å². The first-order chi connectivity index (χ1) is 30.0. The number of rotatable bonds is 51. The van der Waals surface area contributed by atoms with Crippen LogP contribution in [0.5, 0.6) is 0 Å². The summed E-state index contributed by atoms with van der Waals surface area (Å²) in [5.41, 5.74) is 0. The Hall–Kier alpha value is -1.40. The number of aliphatic hydroxyl groups excluding tert-OH is 2. The minimum absolute atomic E-state index is 0.0340. The molecule has 0 aliphatic carbocycles. The number of ether oxygens (including phenoxy) is 1. The highest BCUT2D eigenvalue weighted by molar-refractivity contribution is 5.76. The lowest BCUT2D eigenvalue weighted by Crippen LogP contribution is -2.45. The number of hydrogen-bond donors (Lipinski definition) is 3. The summed E-state index contributed by atoms with van der Waals surface area (Å²) in [6.45, 7) is 4.88. The first kappa shape index (κ1) is 59.6. The van der Waals surface area contributed by atoms with Crippen molar-refractivity contribution < 1.29 is 24.5 Å². The van der Waals surface area contributed by atoms with E-state index >= 15 is 0 Å². The second kappa shape index (κ2) is 51.2. The Balaban J connectivity index is 3.51. The number of esters is 1. The number of unbranched alkanes of at least 4 members (excludes halogenated alkanes) is 38. The molecular weight excluding hydrogens is 755 g/mol. The molecule has 0 saturated heterocycles. The van der Waals surface area contributed by atoms with Crippen LogP contribution in [-0.2, 0) is 14.3 Å². The molecule has 6 heteroatoms. The summed E-state index contributed by atoms with van der Waals surface area (Å²) in [5, 5.41) is 23.3. The molecule has 0 spiro atoms. The average Bonchev–Trinajstić information content (AvgIpc) is 3.26. The van der Waals surface area contributed by atoms with Gasteiger partial charge in [-0.15, -0.1) is 0 Å². The molecule has 0 aromatic carbocycles. The van der Waals surface area contributed by atoms with Crippen molar-refractivity contribution in [2.45, 2.75) is 315 Å². The van der Waals surface area contributed by atoms with Crippen LogP contribution in [0.1, 0.15) is 303 Å². The molecule has 0 bridgehead atoms. The normalized spacial score (nSPS) is 12.7. The summed E-state index contributed by atoms with van der Waals surface area (Å²) in [4.78, 5) is 24.5. The van der Waals surface area contributed by atoms with Crippen molar-refractivity contribution in [3.05, 3.63) is 12.2 Å². The Kier molecular flexibility index (Phi) is 50.1. The monoisotopic (exact) mass is 862 g/mol. The lowest BCUT2D eigenvalue weighted by Gasteiger charge is -2.22. The lowest BCUT2D eigenvalue weighted by atomic mass is 10.0. The van der Waals surface area contributed by atoms with Gasteiger partial charge >= 0.3 is 5.97 Å². The molecule has 0 rings (SSSR count). The van der Waals surface area contributed by atoms with Crippen LogP contribution >= 0.6 is 0 Å². The van der Waals surface area contributed by atoms with Crippen LogP contribution in [-0.4, -0.2) is 47.4 Å². The molecule has 61 heavy (non-hydrogen) atoms.